The molecule has 0 radical (unpaired) electrons. The first-order valence-electron chi connectivity index (χ1n) is 8.60. The molecule has 1 saturated carbocycles. The highest BCUT2D eigenvalue weighted by molar-refractivity contribution is 6.02. The highest BCUT2D eigenvalue weighted by atomic mass is 16.1. The Labute approximate surface area is 142 Å². The summed E-state index contributed by atoms with van der Waals surface area (Å²) in [6.07, 6.45) is 6.21. The third-order valence-corrected chi connectivity index (χ3v) is 4.33. The number of benzene rings is 1. The molecule has 2 aromatic rings. The van der Waals surface area contributed by atoms with Crippen molar-refractivity contribution in [3.05, 3.63) is 47.2 Å². The Bertz CT molecular complexity index is 686. The van der Waals surface area contributed by atoms with Crippen LogP contribution in [-0.2, 0) is 0 Å². The average Bonchev–Trinajstić information content (AvgIpc) is 2.55. The number of anilines is 2. The zero-order chi connectivity index (χ0) is 16.9. The fourth-order valence-corrected chi connectivity index (χ4v) is 3.23. The van der Waals surface area contributed by atoms with E-state index < -0.39 is 0 Å². The van der Waals surface area contributed by atoms with Crippen LogP contribution in [0.4, 0.5) is 11.5 Å². The Morgan fingerprint density at radius 1 is 1.00 bits per heavy atom. The van der Waals surface area contributed by atoms with Gasteiger partial charge in [0.1, 0.15) is 5.82 Å². The number of nitrogens with zero attached hydrogens (tertiary/aromatic N) is 2. The maximum Gasteiger partial charge on any atom is 0.276 e. The van der Waals surface area contributed by atoms with Crippen molar-refractivity contribution in [3.8, 4) is 0 Å². The Hall–Kier alpha value is -2.43. The van der Waals surface area contributed by atoms with Crippen LogP contribution in [-0.4, -0.2) is 22.1 Å². The van der Waals surface area contributed by atoms with Crippen LogP contribution in [0.25, 0.3) is 0 Å². The monoisotopic (exact) mass is 324 g/mol. The lowest BCUT2D eigenvalue weighted by Gasteiger charge is -2.22. The van der Waals surface area contributed by atoms with E-state index in [0.717, 1.165) is 22.6 Å². The molecule has 0 saturated heterocycles. The van der Waals surface area contributed by atoms with Crippen molar-refractivity contribution in [1.82, 2.24) is 10.2 Å². The SMILES string of the molecule is Cc1cc(C)cc(NC(=O)c2ccc(NC3CCCCC3)nn2)c1. The molecule has 1 aromatic heterocycles. The maximum absolute atomic E-state index is 12.3. The van der Waals surface area contributed by atoms with Crippen LogP contribution in [0.15, 0.2) is 30.3 Å². The molecule has 0 atom stereocenters. The van der Waals surface area contributed by atoms with Gasteiger partial charge in [-0.2, -0.15) is 0 Å². The van der Waals surface area contributed by atoms with Gasteiger partial charge in [-0.25, -0.2) is 0 Å². The molecule has 0 unspecified atom stereocenters. The zero-order valence-electron chi connectivity index (χ0n) is 14.3. The van der Waals surface area contributed by atoms with Crippen LogP contribution in [0.5, 0.6) is 0 Å². The number of carbonyl (C=O) groups is 1. The van der Waals surface area contributed by atoms with E-state index in [0.29, 0.717) is 11.7 Å². The summed E-state index contributed by atoms with van der Waals surface area (Å²) in [6.45, 7) is 4.02. The molecule has 1 fully saturated rings. The van der Waals surface area contributed by atoms with Gasteiger partial charge in [-0.15, -0.1) is 10.2 Å². The number of carbonyl (C=O) groups excluding carboxylic acids is 1. The van der Waals surface area contributed by atoms with E-state index in [1.165, 1.54) is 32.1 Å². The van der Waals surface area contributed by atoms with Crippen molar-refractivity contribution >= 4 is 17.4 Å². The highest BCUT2D eigenvalue weighted by Crippen LogP contribution is 2.20. The highest BCUT2D eigenvalue weighted by Gasteiger charge is 2.14. The number of nitrogens with one attached hydrogen (secondary N) is 2. The van der Waals surface area contributed by atoms with Crippen LogP contribution in [0.2, 0.25) is 0 Å². The quantitative estimate of drug-likeness (QED) is 0.889. The predicted octanol–water partition coefficient (Wildman–Crippen LogP) is 4.09. The molecule has 5 nitrogen and oxygen atoms in total. The molecule has 5 heteroatoms. The number of hydrogen-bond acceptors (Lipinski definition) is 4. The van der Waals surface area contributed by atoms with E-state index in [4.69, 9.17) is 0 Å². The number of hydrogen-bond donors (Lipinski definition) is 2. The summed E-state index contributed by atoms with van der Waals surface area (Å²) in [5, 5.41) is 14.5. The smallest absolute Gasteiger partial charge is 0.276 e. The lowest BCUT2D eigenvalue weighted by atomic mass is 9.95. The molecular formula is C19H24N4O. The summed E-state index contributed by atoms with van der Waals surface area (Å²) < 4.78 is 0. The molecule has 1 aliphatic rings. The fraction of sp³-hybridized carbons (Fsp3) is 0.421. The lowest BCUT2D eigenvalue weighted by Crippen LogP contribution is -2.23. The van der Waals surface area contributed by atoms with Crippen molar-refractivity contribution in [2.24, 2.45) is 0 Å². The molecule has 0 aliphatic heterocycles. The van der Waals surface area contributed by atoms with E-state index in [9.17, 15) is 4.79 Å². The van der Waals surface area contributed by atoms with E-state index in [1.807, 2.05) is 32.0 Å². The molecule has 3 rings (SSSR count). The normalized spacial score (nSPS) is 15.1. The van der Waals surface area contributed by atoms with Crippen LogP contribution in [0, 0.1) is 13.8 Å². The van der Waals surface area contributed by atoms with Crippen LogP contribution in [0.1, 0.15) is 53.7 Å². The van der Waals surface area contributed by atoms with Gasteiger partial charge in [-0.1, -0.05) is 25.3 Å². The van der Waals surface area contributed by atoms with Gasteiger partial charge < -0.3 is 10.6 Å². The van der Waals surface area contributed by atoms with Gasteiger partial charge in [-0.05, 0) is 62.1 Å². The Balaban J connectivity index is 1.62. The van der Waals surface area contributed by atoms with Crippen molar-refractivity contribution in [3.63, 3.8) is 0 Å². The summed E-state index contributed by atoms with van der Waals surface area (Å²) in [7, 11) is 0. The van der Waals surface area contributed by atoms with Crippen molar-refractivity contribution in [1.29, 1.82) is 0 Å². The lowest BCUT2D eigenvalue weighted by molar-refractivity contribution is 0.102. The largest absolute Gasteiger partial charge is 0.366 e. The molecule has 126 valence electrons. The molecule has 1 heterocycles. The number of rotatable bonds is 4. The van der Waals surface area contributed by atoms with Gasteiger partial charge >= 0.3 is 0 Å². The summed E-state index contributed by atoms with van der Waals surface area (Å²) in [6, 6.07) is 9.98. The third kappa shape index (κ3) is 4.31. The van der Waals surface area contributed by atoms with E-state index >= 15 is 0 Å². The van der Waals surface area contributed by atoms with Crippen molar-refractivity contribution in [2.75, 3.05) is 10.6 Å². The molecule has 1 aliphatic carbocycles. The van der Waals surface area contributed by atoms with Gasteiger partial charge in [-0.3, -0.25) is 4.79 Å². The van der Waals surface area contributed by atoms with Crippen molar-refractivity contribution in [2.45, 2.75) is 52.0 Å². The standard InChI is InChI=1S/C19H24N4O/c1-13-10-14(2)12-16(11-13)21-19(24)17-8-9-18(23-22-17)20-15-6-4-3-5-7-15/h8-12,15H,3-7H2,1-2H3,(H,20,23)(H,21,24). The molecule has 1 aromatic carbocycles. The second-order valence-corrected chi connectivity index (χ2v) is 6.61. The second-order valence-electron chi connectivity index (χ2n) is 6.61. The van der Waals surface area contributed by atoms with Crippen LogP contribution >= 0.6 is 0 Å². The maximum atomic E-state index is 12.3. The van der Waals surface area contributed by atoms with Gasteiger partial charge in [0.05, 0.1) is 0 Å². The molecule has 2 N–H and O–H groups in total. The molecule has 0 spiro atoms. The number of amides is 1. The van der Waals surface area contributed by atoms with Crippen molar-refractivity contribution < 1.29 is 4.79 Å². The summed E-state index contributed by atoms with van der Waals surface area (Å²) >= 11 is 0. The van der Waals surface area contributed by atoms with E-state index in [-0.39, 0.29) is 5.91 Å². The van der Waals surface area contributed by atoms with E-state index in [1.54, 1.807) is 6.07 Å². The number of aromatic nitrogens is 2. The predicted molar refractivity (Wildman–Crippen MR) is 96.4 cm³/mol. The minimum atomic E-state index is -0.239. The van der Waals surface area contributed by atoms with Gasteiger partial charge in [0.15, 0.2) is 5.69 Å². The van der Waals surface area contributed by atoms with E-state index in [2.05, 4.69) is 26.9 Å². The van der Waals surface area contributed by atoms with Gasteiger partial charge in [0.2, 0.25) is 0 Å². The van der Waals surface area contributed by atoms with Gasteiger partial charge in [0, 0.05) is 11.7 Å². The Morgan fingerprint density at radius 2 is 1.71 bits per heavy atom. The summed E-state index contributed by atoms with van der Waals surface area (Å²) in [4.78, 5) is 12.3. The Morgan fingerprint density at radius 3 is 2.33 bits per heavy atom. The zero-order valence-corrected chi connectivity index (χ0v) is 14.3. The fourth-order valence-electron chi connectivity index (χ4n) is 3.23. The number of aryl methyl sites for hydroxylation is 2. The molecule has 1 amide bonds. The molecule has 24 heavy (non-hydrogen) atoms. The first-order chi connectivity index (χ1) is 11.6. The second kappa shape index (κ2) is 7.43. The minimum absolute atomic E-state index is 0.239. The summed E-state index contributed by atoms with van der Waals surface area (Å²) in [5.41, 5.74) is 3.33. The summed E-state index contributed by atoms with van der Waals surface area (Å²) in [5.74, 6) is 0.501. The van der Waals surface area contributed by atoms with Crippen LogP contribution in [0.3, 0.4) is 0 Å². The van der Waals surface area contributed by atoms with Gasteiger partial charge in [0.25, 0.3) is 5.91 Å². The van der Waals surface area contributed by atoms with Crippen LogP contribution < -0.4 is 10.6 Å². The third-order valence-electron chi connectivity index (χ3n) is 4.33. The Kier molecular flexibility index (Phi) is 5.08. The molecular weight excluding hydrogens is 300 g/mol. The first kappa shape index (κ1) is 16.4. The average molecular weight is 324 g/mol. The molecule has 0 bridgehead atoms. The minimum Gasteiger partial charge on any atom is -0.366 e. The first-order valence-corrected chi connectivity index (χ1v) is 8.60. The topological polar surface area (TPSA) is 66.9 Å².